The Bertz CT molecular complexity index is 422. The molecule has 0 radical (unpaired) electrons. The highest BCUT2D eigenvalue weighted by atomic mass is 16.6. The quantitative estimate of drug-likeness (QED) is 0.812. The lowest BCUT2D eigenvalue weighted by Gasteiger charge is -2.15. The molecule has 98 valence electrons. The van der Waals surface area contributed by atoms with Gasteiger partial charge in [-0.1, -0.05) is 0 Å². The van der Waals surface area contributed by atoms with E-state index in [0.29, 0.717) is 5.75 Å². The Morgan fingerprint density at radius 3 is 2.11 bits per heavy atom. The topological polar surface area (TPSA) is 72.8 Å². The molecule has 0 fully saturated rings. The van der Waals surface area contributed by atoms with Crippen molar-refractivity contribution in [1.82, 2.24) is 0 Å². The normalized spacial score (nSPS) is 12.0. The van der Waals surface area contributed by atoms with Crippen LogP contribution in [0.4, 0.5) is 0 Å². The van der Waals surface area contributed by atoms with Crippen LogP contribution in [-0.2, 0) is 9.53 Å². The van der Waals surface area contributed by atoms with E-state index in [2.05, 4.69) is 0 Å². The molecule has 0 saturated heterocycles. The molecule has 1 atom stereocenters. The van der Waals surface area contributed by atoms with Crippen molar-refractivity contribution in [2.45, 2.75) is 33.0 Å². The minimum Gasteiger partial charge on any atom is -0.479 e. The molecule has 5 nitrogen and oxygen atoms in total. The zero-order valence-electron chi connectivity index (χ0n) is 10.5. The molecule has 1 aromatic rings. The van der Waals surface area contributed by atoms with E-state index in [1.54, 1.807) is 20.8 Å². The van der Waals surface area contributed by atoms with Crippen LogP contribution in [0.2, 0.25) is 0 Å². The average Bonchev–Trinajstić information content (AvgIpc) is 2.28. The van der Waals surface area contributed by atoms with E-state index in [0.717, 1.165) is 0 Å². The molecule has 0 amide bonds. The third kappa shape index (κ3) is 4.08. The number of carboxylic acid groups (broad SMARTS) is 1. The number of aromatic carboxylic acids is 1. The average molecular weight is 252 g/mol. The van der Waals surface area contributed by atoms with Crippen molar-refractivity contribution in [1.29, 1.82) is 0 Å². The van der Waals surface area contributed by atoms with Gasteiger partial charge in [-0.15, -0.1) is 0 Å². The molecule has 0 heterocycles. The molecule has 0 bridgehead atoms. The molecular weight excluding hydrogens is 236 g/mol. The van der Waals surface area contributed by atoms with Crippen molar-refractivity contribution in [2.75, 3.05) is 0 Å². The van der Waals surface area contributed by atoms with E-state index in [1.807, 2.05) is 0 Å². The van der Waals surface area contributed by atoms with Crippen LogP contribution in [0.5, 0.6) is 5.75 Å². The SMILES string of the molecule is CC(C)OC(=O)C(C)Oc1ccc(C(=O)O)cc1. The van der Waals surface area contributed by atoms with Gasteiger partial charge in [0.2, 0.25) is 0 Å². The molecule has 1 rings (SSSR count). The molecule has 1 aromatic carbocycles. The largest absolute Gasteiger partial charge is 0.479 e. The van der Waals surface area contributed by atoms with E-state index >= 15 is 0 Å². The standard InChI is InChI=1S/C13H16O5/c1-8(2)17-13(16)9(3)18-11-6-4-10(5-7-11)12(14)15/h4-9H,1-3H3,(H,14,15). The van der Waals surface area contributed by atoms with Crippen molar-refractivity contribution in [2.24, 2.45) is 0 Å². The van der Waals surface area contributed by atoms with Gasteiger partial charge in [-0.25, -0.2) is 9.59 Å². The molecule has 0 aliphatic rings. The highest BCUT2D eigenvalue weighted by Crippen LogP contribution is 2.14. The Kier molecular flexibility index (Phi) is 4.71. The maximum absolute atomic E-state index is 11.5. The Morgan fingerprint density at radius 2 is 1.67 bits per heavy atom. The number of hydrogen-bond donors (Lipinski definition) is 1. The first kappa shape index (κ1) is 14.0. The minimum atomic E-state index is -1.01. The zero-order valence-corrected chi connectivity index (χ0v) is 10.5. The second-order valence-electron chi connectivity index (χ2n) is 4.08. The van der Waals surface area contributed by atoms with Crippen LogP contribution < -0.4 is 4.74 Å². The molecular formula is C13H16O5. The molecule has 5 heteroatoms. The molecule has 0 aliphatic heterocycles. The first-order valence-electron chi connectivity index (χ1n) is 5.60. The number of rotatable bonds is 5. The smallest absolute Gasteiger partial charge is 0.347 e. The second-order valence-corrected chi connectivity index (χ2v) is 4.08. The summed E-state index contributed by atoms with van der Waals surface area (Å²) in [5.74, 6) is -1.03. The molecule has 0 spiro atoms. The number of carboxylic acids is 1. The minimum absolute atomic E-state index is 0.166. The number of carbonyl (C=O) groups is 2. The predicted molar refractivity (Wildman–Crippen MR) is 64.7 cm³/mol. The Morgan fingerprint density at radius 1 is 1.11 bits per heavy atom. The highest BCUT2D eigenvalue weighted by Gasteiger charge is 2.17. The summed E-state index contributed by atoms with van der Waals surface area (Å²) in [6, 6.07) is 5.83. The lowest BCUT2D eigenvalue weighted by atomic mass is 10.2. The summed E-state index contributed by atoms with van der Waals surface area (Å²) >= 11 is 0. The first-order valence-corrected chi connectivity index (χ1v) is 5.60. The second kappa shape index (κ2) is 6.05. The monoisotopic (exact) mass is 252 g/mol. The summed E-state index contributed by atoms with van der Waals surface area (Å²) in [7, 11) is 0. The van der Waals surface area contributed by atoms with Crippen molar-refractivity contribution in [3.8, 4) is 5.75 Å². The van der Waals surface area contributed by atoms with Crippen LogP contribution in [-0.4, -0.2) is 29.3 Å². The van der Waals surface area contributed by atoms with Crippen molar-refractivity contribution in [3.05, 3.63) is 29.8 Å². The van der Waals surface area contributed by atoms with Crippen LogP contribution >= 0.6 is 0 Å². The highest BCUT2D eigenvalue weighted by molar-refractivity contribution is 5.87. The lowest BCUT2D eigenvalue weighted by Crippen LogP contribution is -2.28. The molecule has 0 saturated carbocycles. The summed E-state index contributed by atoms with van der Waals surface area (Å²) in [4.78, 5) is 22.1. The van der Waals surface area contributed by atoms with Gasteiger partial charge in [0, 0.05) is 0 Å². The molecule has 1 unspecified atom stereocenters. The van der Waals surface area contributed by atoms with Gasteiger partial charge in [-0.3, -0.25) is 0 Å². The van der Waals surface area contributed by atoms with Gasteiger partial charge in [0.15, 0.2) is 6.10 Å². The van der Waals surface area contributed by atoms with Gasteiger partial charge >= 0.3 is 11.9 Å². The van der Waals surface area contributed by atoms with Crippen LogP contribution in [0.25, 0.3) is 0 Å². The van der Waals surface area contributed by atoms with E-state index < -0.39 is 18.0 Å². The number of carbonyl (C=O) groups excluding carboxylic acids is 1. The van der Waals surface area contributed by atoms with Crippen molar-refractivity contribution >= 4 is 11.9 Å². The first-order chi connectivity index (χ1) is 8.40. The third-order valence-electron chi connectivity index (χ3n) is 2.10. The van der Waals surface area contributed by atoms with Crippen LogP contribution in [0.15, 0.2) is 24.3 Å². The van der Waals surface area contributed by atoms with Gasteiger partial charge in [0.1, 0.15) is 5.75 Å². The maximum Gasteiger partial charge on any atom is 0.347 e. The Hall–Kier alpha value is -2.04. The fourth-order valence-electron chi connectivity index (χ4n) is 1.26. The van der Waals surface area contributed by atoms with E-state index in [9.17, 15) is 9.59 Å². The summed E-state index contributed by atoms with van der Waals surface area (Å²) in [5, 5.41) is 8.73. The number of hydrogen-bond acceptors (Lipinski definition) is 4. The van der Waals surface area contributed by atoms with Gasteiger partial charge < -0.3 is 14.6 Å². The van der Waals surface area contributed by atoms with Crippen molar-refractivity contribution in [3.63, 3.8) is 0 Å². The summed E-state index contributed by atoms with van der Waals surface area (Å²) in [5.41, 5.74) is 0.166. The number of benzene rings is 1. The van der Waals surface area contributed by atoms with E-state index in [1.165, 1.54) is 24.3 Å². The Balaban J connectivity index is 2.61. The number of ether oxygens (including phenoxy) is 2. The molecule has 18 heavy (non-hydrogen) atoms. The fraction of sp³-hybridized carbons (Fsp3) is 0.385. The van der Waals surface area contributed by atoms with Crippen LogP contribution in [0.1, 0.15) is 31.1 Å². The molecule has 0 aromatic heterocycles. The lowest BCUT2D eigenvalue weighted by molar-refractivity contribution is -0.154. The molecule has 0 aliphatic carbocycles. The van der Waals surface area contributed by atoms with E-state index in [4.69, 9.17) is 14.6 Å². The summed E-state index contributed by atoms with van der Waals surface area (Å²) < 4.78 is 10.3. The van der Waals surface area contributed by atoms with Crippen LogP contribution in [0, 0.1) is 0 Å². The zero-order chi connectivity index (χ0) is 13.7. The van der Waals surface area contributed by atoms with Gasteiger partial charge in [0.25, 0.3) is 0 Å². The summed E-state index contributed by atoms with van der Waals surface area (Å²) in [6.07, 6.45) is -0.930. The van der Waals surface area contributed by atoms with E-state index in [-0.39, 0.29) is 11.7 Å². The number of esters is 1. The van der Waals surface area contributed by atoms with Crippen LogP contribution in [0.3, 0.4) is 0 Å². The summed E-state index contributed by atoms with van der Waals surface area (Å²) in [6.45, 7) is 5.09. The Labute approximate surface area is 105 Å². The van der Waals surface area contributed by atoms with Gasteiger partial charge in [-0.05, 0) is 45.0 Å². The maximum atomic E-state index is 11.5. The predicted octanol–water partition coefficient (Wildman–Crippen LogP) is 2.10. The van der Waals surface area contributed by atoms with Gasteiger partial charge in [-0.2, -0.15) is 0 Å². The fourth-order valence-corrected chi connectivity index (χ4v) is 1.26. The van der Waals surface area contributed by atoms with Crippen molar-refractivity contribution < 1.29 is 24.2 Å². The third-order valence-corrected chi connectivity index (χ3v) is 2.10. The van der Waals surface area contributed by atoms with Gasteiger partial charge in [0.05, 0.1) is 11.7 Å². The molecule has 1 N–H and O–H groups in total.